The van der Waals surface area contributed by atoms with Gasteiger partial charge in [0.15, 0.2) is 11.6 Å². The van der Waals surface area contributed by atoms with E-state index in [1.54, 1.807) is 6.07 Å². The van der Waals surface area contributed by atoms with Crippen molar-refractivity contribution < 1.29 is 9.13 Å². The lowest BCUT2D eigenvalue weighted by Crippen LogP contribution is -2.42. The van der Waals surface area contributed by atoms with E-state index >= 15 is 0 Å². The molecule has 2 nitrogen and oxygen atoms in total. The average Bonchev–Trinajstić information content (AvgIpc) is 2.35. The molecule has 0 saturated carbocycles. The topological polar surface area (TPSA) is 21.3 Å². The summed E-state index contributed by atoms with van der Waals surface area (Å²) in [7, 11) is 1.50. The number of ether oxygens (including phenoxy) is 1. The maximum absolute atomic E-state index is 14.2. The summed E-state index contributed by atoms with van der Waals surface area (Å²) in [6.07, 6.45) is 1.75. The average molecular weight is 267 g/mol. The summed E-state index contributed by atoms with van der Waals surface area (Å²) in [4.78, 5) is 0. The molecule has 0 aromatic heterocycles. The highest BCUT2D eigenvalue weighted by molar-refractivity contribution is 5.31. The molecule has 1 unspecified atom stereocenters. The van der Waals surface area contributed by atoms with Crippen LogP contribution in [0.4, 0.5) is 4.39 Å². The van der Waals surface area contributed by atoms with Crippen LogP contribution in [0.15, 0.2) is 18.2 Å². The SMILES string of the molecule is CCCNC(Cc1cccc(OC)c1F)C(C)(C)C. The first-order chi connectivity index (χ1) is 8.90. The molecule has 1 N–H and O–H groups in total. The van der Waals surface area contributed by atoms with Crippen LogP contribution < -0.4 is 10.1 Å². The molecule has 1 atom stereocenters. The lowest BCUT2D eigenvalue weighted by atomic mass is 9.83. The monoisotopic (exact) mass is 267 g/mol. The van der Waals surface area contributed by atoms with Crippen LogP contribution in [-0.2, 0) is 6.42 Å². The van der Waals surface area contributed by atoms with Crippen LogP contribution in [-0.4, -0.2) is 19.7 Å². The molecule has 1 aromatic rings. The summed E-state index contributed by atoms with van der Waals surface area (Å²) in [6.45, 7) is 9.63. The first-order valence-electron chi connectivity index (χ1n) is 6.95. The number of nitrogens with one attached hydrogen (secondary N) is 1. The Labute approximate surface area is 116 Å². The number of hydrogen-bond acceptors (Lipinski definition) is 2. The first kappa shape index (κ1) is 16.0. The van der Waals surface area contributed by atoms with E-state index < -0.39 is 0 Å². The Hall–Kier alpha value is -1.09. The van der Waals surface area contributed by atoms with E-state index in [0.29, 0.717) is 17.7 Å². The van der Waals surface area contributed by atoms with Crippen LogP contribution in [0.1, 0.15) is 39.7 Å². The Morgan fingerprint density at radius 3 is 2.53 bits per heavy atom. The number of hydrogen-bond donors (Lipinski definition) is 1. The predicted octanol–water partition coefficient (Wildman–Crippen LogP) is 3.79. The van der Waals surface area contributed by atoms with Gasteiger partial charge >= 0.3 is 0 Å². The molecule has 1 aromatic carbocycles. The standard InChI is InChI=1S/C16H26FNO/c1-6-10-18-14(16(2,3)4)11-12-8-7-9-13(19-5)15(12)17/h7-9,14,18H,6,10-11H2,1-5H3. The van der Waals surface area contributed by atoms with E-state index in [4.69, 9.17) is 4.74 Å². The lowest BCUT2D eigenvalue weighted by molar-refractivity contribution is 0.264. The van der Waals surface area contributed by atoms with Crippen molar-refractivity contribution in [1.29, 1.82) is 0 Å². The molecule has 0 aliphatic rings. The molecule has 108 valence electrons. The van der Waals surface area contributed by atoms with Gasteiger partial charge in [-0.2, -0.15) is 0 Å². The van der Waals surface area contributed by atoms with Gasteiger partial charge in [0.2, 0.25) is 0 Å². The Bertz CT molecular complexity index is 398. The van der Waals surface area contributed by atoms with Gasteiger partial charge in [0, 0.05) is 6.04 Å². The van der Waals surface area contributed by atoms with Crippen molar-refractivity contribution in [2.45, 2.75) is 46.6 Å². The minimum atomic E-state index is -0.238. The predicted molar refractivity (Wildman–Crippen MR) is 78.2 cm³/mol. The summed E-state index contributed by atoms with van der Waals surface area (Å²) in [5.74, 6) is 0.0817. The van der Waals surface area contributed by atoms with Gasteiger partial charge < -0.3 is 10.1 Å². The van der Waals surface area contributed by atoms with Gasteiger partial charge in [-0.25, -0.2) is 4.39 Å². The zero-order valence-electron chi connectivity index (χ0n) is 12.7. The molecule has 0 aliphatic heterocycles. The fourth-order valence-electron chi connectivity index (χ4n) is 2.09. The highest BCUT2D eigenvalue weighted by Crippen LogP contribution is 2.26. The van der Waals surface area contributed by atoms with Gasteiger partial charge in [-0.3, -0.25) is 0 Å². The quantitative estimate of drug-likeness (QED) is 0.846. The second kappa shape index (κ2) is 6.90. The Morgan fingerprint density at radius 2 is 2.00 bits per heavy atom. The first-order valence-corrected chi connectivity index (χ1v) is 6.95. The van der Waals surface area contributed by atoms with Gasteiger partial charge in [0.1, 0.15) is 0 Å². The Morgan fingerprint density at radius 1 is 1.32 bits per heavy atom. The van der Waals surface area contributed by atoms with Gasteiger partial charge in [-0.1, -0.05) is 39.8 Å². The van der Waals surface area contributed by atoms with Crippen molar-refractivity contribution >= 4 is 0 Å². The molecule has 0 fully saturated rings. The fraction of sp³-hybridized carbons (Fsp3) is 0.625. The second-order valence-corrected chi connectivity index (χ2v) is 6.01. The summed E-state index contributed by atoms with van der Waals surface area (Å²) >= 11 is 0. The normalized spacial score (nSPS) is 13.4. The fourth-order valence-corrected chi connectivity index (χ4v) is 2.09. The van der Waals surface area contributed by atoms with Crippen molar-refractivity contribution in [1.82, 2.24) is 5.32 Å². The van der Waals surface area contributed by atoms with E-state index in [0.717, 1.165) is 13.0 Å². The molecule has 3 heteroatoms. The number of halogens is 1. The smallest absolute Gasteiger partial charge is 0.168 e. The third kappa shape index (κ3) is 4.50. The van der Waals surface area contributed by atoms with Gasteiger partial charge in [0.25, 0.3) is 0 Å². The van der Waals surface area contributed by atoms with Crippen LogP contribution in [0.5, 0.6) is 5.75 Å². The maximum Gasteiger partial charge on any atom is 0.168 e. The Balaban J connectivity index is 2.90. The van der Waals surface area contributed by atoms with Crippen LogP contribution in [0.2, 0.25) is 0 Å². The van der Waals surface area contributed by atoms with Crippen LogP contribution in [0, 0.1) is 11.2 Å². The zero-order valence-corrected chi connectivity index (χ0v) is 12.7. The van der Waals surface area contributed by atoms with Crippen molar-refractivity contribution in [3.05, 3.63) is 29.6 Å². The van der Waals surface area contributed by atoms with E-state index in [2.05, 4.69) is 33.0 Å². The number of benzene rings is 1. The van der Waals surface area contributed by atoms with E-state index in [1.165, 1.54) is 7.11 Å². The van der Waals surface area contributed by atoms with Gasteiger partial charge in [-0.05, 0) is 36.4 Å². The lowest BCUT2D eigenvalue weighted by Gasteiger charge is -2.32. The molecule has 0 saturated heterocycles. The number of rotatable bonds is 6. The highest BCUT2D eigenvalue weighted by Gasteiger charge is 2.25. The van der Waals surface area contributed by atoms with E-state index in [9.17, 15) is 4.39 Å². The maximum atomic E-state index is 14.2. The van der Waals surface area contributed by atoms with Crippen LogP contribution in [0.3, 0.4) is 0 Å². The van der Waals surface area contributed by atoms with E-state index in [-0.39, 0.29) is 17.3 Å². The number of methoxy groups -OCH3 is 1. The summed E-state index contributed by atoms with van der Waals surface area (Å²) in [5.41, 5.74) is 0.799. The molecular weight excluding hydrogens is 241 g/mol. The third-order valence-corrected chi connectivity index (χ3v) is 3.37. The third-order valence-electron chi connectivity index (χ3n) is 3.37. The van der Waals surface area contributed by atoms with Crippen molar-refractivity contribution in [2.24, 2.45) is 5.41 Å². The van der Waals surface area contributed by atoms with E-state index in [1.807, 2.05) is 12.1 Å². The summed E-state index contributed by atoms with van der Waals surface area (Å²) in [5, 5.41) is 3.52. The van der Waals surface area contributed by atoms with Crippen molar-refractivity contribution in [3.63, 3.8) is 0 Å². The molecule has 0 radical (unpaired) electrons. The van der Waals surface area contributed by atoms with Crippen LogP contribution >= 0.6 is 0 Å². The molecule has 1 rings (SSSR count). The largest absolute Gasteiger partial charge is 0.494 e. The molecule has 0 spiro atoms. The molecule has 0 bridgehead atoms. The molecule has 0 aliphatic carbocycles. The molecule has 19 heavy (non-hydrogen) atoms. The Kier molecular flexibility index (Phi) is 5.80. The zero-order chi connectivity index (χ0) is 14.5. The minimum absolute atomic E-state index is 0.0880. The van der Waals surface area contributed by atoms with Crippen molar-refractivity contribution in [3.8, 4) is 5.75 Å². The minimum Gasteiger partial charge on any atom is -0.494 e. The summed E-state index contributed by atoms with van der Waals surface area (Å²) in [6, 6.07) is 5.58. The molecular formula is C16H26FNO. The molecule has 0 amide bonds. The molecule has 0 heterocycles. The summed E-state index contributed by atoms with van der Waals surface area (Å²) < 4.78 is 19.2. The second-order valence-electron chi connectivity index (χ2n) is 6.01. The van der Waals surface area contributed by atoms with Crippen LogP contribution in [0.25, 0.3) is 0 Å². The van der Waals surface area contributed by atoms with Crippen molar-refractivity contribution in [2.75, 3.05) is 13.7 Å². The van der Waals surface area contributed by atoms with Gasteiger partial charge in [0.05, 0.1) is 7.11 Å². The van der Waals surface area contributed by atoms with Gasteiger partial charge in [-0.15, -0.1) is 0 Å². The highest BCUT2D eigenvalue weighted by atomic mass is 19.1.